The van der Waals surface area contributed by atoms with Crippen LogP contribution in [0.5, 0.6) is 5.75 Å². The number of hydrogen-bond donors (Lipinski definition) is 2. The molecule has 2 aromatic carbocycles. The number of ether oxygens (including phenoxy) is 1. The first-order valence-electron chi connectivity index (χ1n) is 8.34. The number of carbonyl (C=O) groups excluding carboxylic acids is 1. The summed E-state index contributed by atoms with van der Waals surface area (Å²) >= 11 is 0. The monoisotopic (exact) mass is 372 g/mol. The van der Waals surface area contributed by atoms with Gasteiger partial charge in [-0.25, -0.2) is 8.78 Å². The van der Waals surface area contributed by atoms with Gasteiger partial charge in [-0.05, 0) is 30.7 Å². The van der Waals surface area contributed by atoms with Crippen molar-refractivity contribution in [3.8, 4) is 16.9 Å². The third-order valence-corrected chi connectivity index (χ3v) is 4.12. The van der Waals surface area contributed by atoms with E-state index in [4.69, 9.17) is 10.5 Å². The van der Waals surface area contributed by atoms with Gasteiger partial charge in [-0.3, -0.25) is 4.79 Å². The standard InChI is InChI=1S/C19H18F2N4O2/c1-3-8-23-19(26)18-16(22)12-6-7-13(20)15(17(12)24-25-18)11-5-4-10(27-2)9-14(11)21/h4-7,9H,3,8H2,1-2H3,(H2,22,24)(H,23,26). The van der Waals surface area contributed by atoms with Crippen molar-refractivity contribution in [2.45, 2.75) is 13.3 Å². The molecule has 140 valence electrons. The third-order valence-electron chi connectivity index (χ3n) is 4.12. The Balaban J connectivity index is 2.19. The number of nitrogens with zero attached hydrogens (tertiary/aromatic N) is 2. The highest BCUT2D eigenvalue weighted by molar-refractivity contribution is 6.07. The Hall–Kier alpha value is -3.29. The highest BCUT2D eigenvalue weighted by atomic mass is 19.1. The van der Waals surface area contributed by atoms with Crippen molar-refractivity contribution in [2.24, 2.45) is 0 Å². The smallest absolute Gasteiger partial charge is 0.273 e. The highest BCUT2D eigenvalue weighted by Crippen LogP contribution is 2.35. The minimum atomic E-state index is -0.677. The molecule has 3 N–H and O–H groups in total. The first-order valence-corrected chi connectivity index (χ1v) is 8.34. The molecule has 27 heavy (non-hydrogen) atoms. The van der Waals surface area contributed by atoms with E-state index in [0.717, 1.165) is 18.6 Å². The van der Waals surface area contributed by atoms with Crippen molar-refractivity contribution in [2.75, 3.05) is 19.4 Å². The molecule has 8 heteroatoms. The van der Waals surface area contributed by atoms with Gasteiger partial charge in [-0.15, -0.1) is 10.2 Å². The normalized spacial score (nSPS) is 10.8. The van der Waals surface area contributed by atoms with Crippen LogP contribution in [0.4, 0.5) is 14.5 Å². The van der Waals surface area contributed by atoms with Gasteiger partial charge < -0.3 is 15.8 Å². The van der Waals surface area contributed by atoms with Gasteiger partial charge in [0.25, 0.3) is 5.91 Å². The second-order valence-electron chi connectivity index (χ2n) is 5.88. The molecule has 0 saturated heterocycles. The van der Waals surface area contributed by atoms with E-state index >= 15 is 0 Å². The molecule has 0 bridgehead atoms. The number of anilines is 1. The van der Waals surface area contributed by atoms with Crippen LogP contribution in [0.1, 0.15) is 23.8 Å². The number of aromatic nitrogens is 2. The van der Waals surface area contributed by atoms with Crippen LogP contribution in [0, 0.1) is 11.6 Å². The number of nitrogens with two attached hydrogens (primary N) is 1. The molecular formula is C19H18F2N4O2. The minimum absolute atomic E-state index is 0.00390. The maximum Gasteiger partial charge on any atom is 0.273 e. The summed E-state index contributed by atoms with van der Waals surface area (Å²) < 4.78 is 34.0. The fraction of sp³-hybridized carbons (Fsp3) is 0.211. The molecule has 0 atom stereocenters. The Morgan fingerprint density at radius 1 is 1.19 bits per heavy atom. The number of methoxy groups -OCH3 is 1. The first-order chi connectivity index (χ1) is 13.0. The summed E-state index contributed by atoms with van der Waals surface area (Å²) in [6.45, 7) is 2.37. The Labute approximate surface area is 154 Å². The summed E-state index contributed by atoms with van der Waals surface area (Å²) in [6.07, 6.45) is 0.749. The highest BCUT2D eigenvalue weighted by Gasteiger charge is 2.21. The molecule has 0 aliphatic rings. The van der Waals surface area contributed by atoms with Crippen LogP contribution in [-0.2, 0) is 0 Å². The SMILES string of the molecule is CCCNC(=O)c1nnc2c(-c3ccc(OC)cc3F)c(F)ccc2c1N. The molecule has 0 radical (unpaired) electrons. The van der Waals surface area contributed by atoms with Gasteiger partial charge in [-0.2, -0.15) is 0 Å². The van der Waals surface area contributed by atoms with Crippen LogP contribution in [0.15, 0.2) is 30.3 Å². The quantitative estimate of drug-likeness (QED) is 0.717. The van der Waals surface area contributed by atoms with Crippen molar-refractivity contribution in [3.05, 3.63) is 47.7 Å². The molecule has 6 nitrogen and oxygen atoms in total. The molecule has 0 saturated carbocycles. The molecule has 3 rings (SSSR count). The Kier molecular flexibility index (Phi) is 5.16. The van der Waals surface area contributed by atoms with E-state index in [1.807, 2.05) is 6.92 Å². The van der Waals surface area contributed by atoms with E-state index in [9.17, 15) is 13.6 Å². The summed E-state index contributed by atoms with van der Waals surface area (Å²) in [5, 5.41) is 10.8. The van der Waals surface area contributed by atoms with Gasteiger partial charge in [0.1, 0.15) is 22.9 Å². The molecule has 0 fully saturated rings. The summed E-state index contributed by atoms with van der Waals surface area (Å²) in [5.74, 6) is -1.52. The van der Waals surface area contributed by atoms with Crippen molar-refractivity contribution in [3.63, 3.8) is 0 Å². The lowest BCUT2D eigenvalue weighted by Crippen LogP contribution is -2.26. The molecule has 3 aromatic rings. The van der Waals surface area contributed by atoms with Gasteiger partial charge in [0.15, 0.2) is 5.69 Å². The summed E-state index contributed by atoms with van der Waals surface area (Å²) in [6, 6.07) is 6.62. The van der Waals surface area contributed by atoms with Crippen molar-refractivity contribution in [1.82, 2.24) is 15.5 Å². The maximum absolute atomic E-state index is 14.5. The van der Waals surface area contributed by atoms with Gasteiger partial charge in [0.05, 0.1) is 12.8 Å². The molecular weight excluding hydrogens is 354 g/mol. The van der Waals surface area contributed by atoms with Crippen LogP contribution < -0.4 is 15.8 Å². The number of fused-ring (bicyclic) bond motifs is 1. The molecule has 0 aliphatic carbocycles. The number of nitrogens with one attached hydrogen (secondary N) is 1. The van der Waals surface area contributed by atoms with E-state index < -0.39 is 17.5 Å². The summed E-state index contributed by atoms with van der Waals surface area (Å²) in [5.41, 5.74) is 6.07. The fourth-order valence-corrected chi connectivity index (χ4v) is 2.74. The van der Waals surface area contributed by atoms with Crippen molar-refractivity contribution < 1.29 is 18.3 Å². The fourth-order valence-electron chi connectivity index (χ4n) is 2.74. The first kappa shape index (κ1) is 18.5. The van der Waals surface area contributed by atoms with Crippen molar-refractivity contribution in [1.29, 1.82) is 0 Å². The number of rotatable bonds is 5. The zero-order valence-electron chi connectivity index (χ0n) is 14.8. The molecule has 0 unspecified atom stereocenters. The average molecular weight is 372 g/mol. The van der Waals surface area contributed by atoms with Crippen LogP contribution in [0.25, 0.3) is 22.0 Å². The van der Waals surface area contributed by atoms with Crippen LogP contribution in [0.2, 0.25) is 0 Å². The van der Waals surface area contributed by atoms with E-state index in [1.165, 1.54) is 25.3 Å². The average Bonchev–Trinajstić information content (AvgIpc) is 2.66. The second kappa shape index (κ2) is 7.53. The van der Waals surface area contributed by atoms with Crippen LogP contribution >= 0.6 is 0 Å². The number of nitrogen functional groups attached to an aromatic ring is 1. The van der Waals surface area contributed by atoms with E-state index in [1.54, 1.807) is 0 Å². The Bertz CT molecular complexity index is 1020. The Morgan fingerprint density at radius 2 is 1.96 bits per heavy atom. The second-order valence-corrected chi connectivity index (χ2v) is 5.88. The lowest BCUT2D eigenvalue weighted by molar-refractivity contribution is 0.0949. The Morgan fingerprint density at radius 3 is 2.63 bits per heavy atom. The maximum atomic E-state index is 14.5. The molecule has 1 heterocycles. The van der Waals surface area contributed by atoms with Gasteiger partial charge in [0.2, 0.25) is 0 Å². The van der Waals surface area contributed by atoms with E-state index in [0.29, 0.717) is 17.7 Å². The lowest BCUT2D eigenvalue weighted by Gasteiger charge is -2.12. The molecule has 0 spiro atoms. The molecule has 0 aliphatic heterocycles. The number of hydrogen-bond acceptors (Lipinski definition) is 5. The van der Waals surface area contributed by atoms with Crippen LogP contribution in [0.3, 0.4) is 0 Å². The predicted octanol–water partition coefficient (Wildman–Crippen LogP) is 3.31. The van der Waals surface area contributed by atoms with Gasteiger partial charge >= 0.3 is 0 Å². The molecule has 1 aromatic heterocycles. The zero-order chi connectivity index (χ0) is 19.6. The van der Waals surface area contributed by atoms with Gasteiger partial charge in [0, 0.05) is 29.1 Å². The van der Waals surface area contributed by atoms with E-state index in [2.05, 4.69) is 15.5 Å². The third kappa shape index (κ3) is 3.38. The summed E-state index contributed by atoms with van der Waals surface area (Å²) in [7, 11) is 1.41. The summed E-state index contributed by atoms with van der Waals surface area (Å²) in [4.78, 5) is 12.2. The minimum Gasteiger partial charge on any atom is -0.497 e. The number of carbonyl (C=O) groups is 1. The largest absolute Gasteiger partial charge is 0.497 e. The molecule has 1 amide bonds. The number of benzene rings is 2. The topological polar surface area (TPSA) is 90.1 Å². The number of halogens is 2. The lowest BCUT2D eigenvalue weighted by atomic mass is 9.99. The number of amides is 1. The van der Waals surface area contributed by atoms with Crippen molar-refractivity contribution >= 4 is 22.5 Å². The van der Waals surface area contributed by atoms with Gasteiger partial charge in [-0.1, -0.05) is 6.92 Å². The predicted molar refractivity (Wildman–Crippen MR) is 98.5 cm³/mol. The van der Waals surface area contributed by atoms with E-state index in [-0.39, 0.29) is 28.0 Å². The zero-order valence-corrected chi connectivity index (χ0v) is 14.8. The van der Waals surface area contributed by atoms with Crippen LogP contribution in [-0.4, -0.2) is 29.8 Å².